The number of anilines is 1. The van der Waals surface area contributed by atoms with Crippen molar-refractivity contribution in [1.29, 1.82) is 0 Å². The normalized spacial score (nSPS) is 15.7. The fraction of sp³-hybridized carbons (Fsp3) is 0.412. The Bertz CT molecular complexity index is 774. The predicted octanol–water partition coefficient (Wildman–Crippen LogP) is 0.591. The molecule has 0 spiro atoms. The Morgan fingerprint density at radius 1 is 1.33 bits per heavy atom. The molecule has 0 atom stereocenters. The SMILES string of the molecule is CN1CCN([n+]2cc(N=C([O-])CCSC(=O)Nc3ccccc3)on2)CC1. The molecule has 1 N–H and O–H groups in total. The van der Waals surface area contributed by atoms with E-state index < -0.39 is 0 Å². The summed E-state index contributed by atoms with van der Waals surface area (Å²) in [7, 11) is 2.07. The largest absolute Gasteiger partial charge is 0.862 e. The standard InChI is InChI=1S/C17H22N6O3S/c1-21-8-10-22(11-9-21)23-13-16(26-20-23)19-15(24)7-12-27-17(25)18-14-5-3-2-4-6-14/h2-6,13H,7-12H2,1H3,(H-,18,19,20,24,25). The van der Waals surface area contributed by atoms with E-state index >= 15 is 0 Å². The number of amides is 1. The lowest BCUT2D eigenvalue weighted by Crippen LogP contribution is -2.64. The highest BCUT2D eigenvalue weighted by Gasteiger charge is 2.24. The van der Waals surface area contributed by atoms with Crippen LogP contribution < -0.4 is 20.2 Å². The van der Waals surface area contributed by atoms with E-state index in [2.05, 4.69) is 27.5 Å². The molecule has 144 valence electrons. The molecular formula is C17H22N6O3S. The van der Waals surface area contributed by atoms with E-state index in [4.69, 9.17) is 4.52 Å². The number of piperazine rings is 1. The average Bonchev–Trinajstić information content (AvgIpc) is 3.11. The van der Waals surface area contributed by atoms with Crippen LogP contribution in [0.3, 0.4) is 0 Å². The Balaban J connectivity index is 1.43. The fourth-order valence-corrected chi connectivity index (χ4v) is 3.15. The van der Waals surface area contributed by atoms with Gasteiger partial charge in [0, 0.05) is 24.5 Å². The summed E-state index contributed by atoms with van der Waals surface area (Å²) in [4.78, 5) is 19.5. The van der Waals surface area contributed by atoms with Gasteiger partial charge in [-0.15, -0.1) is 0 Å². The van der Waals surface area contributed by atoms with Crippen LogP contribution in [0, 0.1) is 0 Å². The minimum Gasteiger partial charge on any atom is -0.862 e. The van der Waals surface area contributed by atoms with E-state index in [-0.39, 0.29) is 23.4 Å². The number of carbonyl (C=O) groups excluding carboxylic acids is 1. The Hall–Kier alpha value is -2.59. The van der Waals surface area contributed by atoms with Crippen molar-refractivity contribution in [2.45, 2.75) is 6.42 Å². The summed E-state index contributed by atoms with van der Waals surface area (Å²) in [5, 5.41) is 20.4. The van der Waals surface area contributed by atoms with E-state index in [0.717, 1.165) is 43.6 Å². The highest BCUT2D eigenvalue weighted by atomic mass is 32.2. The van der Waals surface area contributed by atoms with Gasteiger partial charge in [-0.05, 0) is 31.5 Å². The number of carbonyl (C=O) groups is 1. The number of aliphatic imine (C=N–C) groups is 1. The van der Waals surface area contributed by atoms with Crippen LogP contribution in [-0.2, 0) is 0 Å². The van der Waals surface area contributed by atoms with Gasteiger partial charge >= 0.3 is 5.88 Å². The molecule has 1 aromatic carbocycles. The number of nitrogens with zero attached hydrogens (tertiary/aromatic N) is 5. The smallest absolute Gasteiger partial charge is 0.324 e. The molecule has 10 heteroatoms. The van der Waals surface area contributed by atoms with Crippen molar-refractivity contribution in [3.8, 4) is 0 Å². The molecule has 1 fully saturated rings. The molecule has 0 radical (unpaired) electrons. The molecule has 27 heavy (non-hydrogen) atoms. The number of para-hydroxylation sites is 1. The number of thioether (sulfide) groups is 1. The molecule has 3 rings (SSSR count). The molecule has 1 aliphatic rings. The fourth-order valence-electron chi connectivity index (χ4n) is 2.50. The topological polar surface area (TPSA) is 101 Å². The van der Waals surface area contributed by atoms with E-state index in [1.807, 2.05) is 23.2 Å². The molecule has 9 nitrogen and oxygen atoms in total. The first-order valence-electron chi connectivity index (χ1n) is 8.66. The zero-order valence-electron chi connectivity index (χ0n) is 15.1. The van der Waals surface area contributed by atoms with E-state index in [0.29, 0.717) is 5.75 Å². The Kier molecular flexibility index (Phi) is 6.66. The third kappa shape index (κ3) is 5.97. The first-order valence-corrected chi connectivity index (χ1v) is 9.64. The van der Waals surface area contributed by atoms with Gasteiger partial charge in [-0.3, -0.25) is 9.32 Å². The molecule has 2 aromatic rings. The van der Waals surface area contributed by atoms with Gasteiger partial charge in [0.15, 0.2) is 0 Å². The predicted molar refractivity (Wildman–Crippen MR) is 102 cm³/mol. The van der Waals surface area contributed by atoms with Gasteiger partial charge in [-0.2, -0.15) is 5.01 Å². The van der Waals surface area contributed by atoms with Gasteiger partial charge < -0.3 is 15.3 Å². The number of hydrogen-bond donors (Lipinski definition) is 1. The van der Waals surface area contributed by atoms with E-state index in [9.17, 15) is 9.90 Å². The van der Waals surface area contributed by atoms with Crippen LogP contribution in [0.15, 0.2) is 46.0 Å². The monoisotopic (exact) mass is 390 g/mol. The second kappa shape index (κ2) is 9.38. The van der Waals surface area contributed by atoms with E-state index in [1.165, 1.54) is 0 Å². The lowest BCUT2D eigenvalue weighted by atomic mass is 10.3. The molecule has 2 heterocycles. The number of nitrogens with one attached hydrogen (secondary N) is 1. The van der Waals surface area contributed by atoms with Gasteiger partial charge in [0.1, 0.15) is 0 Å². The van der Waals surface area contributed by atoms with Crippen molar-refractivity contribution in [1.82, 2.24) is 10.2 Å². The maximum Gasteiger partial charge on any atom is 0.324 e. The maximum atomic E-state index is 12.0. The lowest BCUT2D eigenvalue weighted by Gasteiger charge is -2.26. The summed E-state index contributed by atoms with van der Waals surface area (Å²) in [5.74, 6) is 0.155. The number of rotatable bonds is 6. The second-order valence-electron chi connectivity index (χ2n) is 6.10. The van der Waals surface area contributed by atoms with Crippen LogP contribution in [0.1, 0.15) is 6.42 Å². The van der Waals surface area contributed by atoms with Crippen LogP contribution in [0.4, 0.5) is 16.4 Å². The first-order chi connectivity index (χ1) is 13.1. The summed E-state index contributed by atoms with van der Waals surface area (Å²) in [6.07, 6.45) is 1.74. The lowest BCUT2D eigenvalue weighted by molar-refractivity contribution is -0.759. The molecule has 0 bridgehead atoms. The van der Waals surface area contributed by atoms with Gasteiger partial charge in [-0.25, -0.2) is 4.99 Å². The first kappa shape index (κ1) is 19.2. The molecule has 1 aliphatic heterocycles. The summed E-state index contributed by atoms with van der Waals surface area (Å²) >= 11 is 1.04. The van der Waals surface area contributed by atoms with Gasteiger partial charge in [0.2, 0.25) is 5.27 Å². The third-order valence-corrected chi connectivity index (χ3v) is 4.79. The maximum absolute atomic E-state index is 12.0. The van der Waals surface area contributed by atoms with Gasteiger partial charge in [0.05, 0.1) is 17.9 Å². The molecule has 1 saturated heterocycles. The van der Waals surface area contributed by atoms with Crippen molar-refractivity contribution in [3.63, 3.8) is 0 Å². The molecule has 0 aliphatic carbocycles. The average molecular weight is 390 g/mol. The summed E-state index contributed by atoms with van der Waals surface area (Å²) < 4.78 is 5.11. The Morgan fingerprint density at radius 3 is 2.81 bits per heavy atom. The minimum absolute atomic E-state index is 0.141. The summed E-state index contributed by atoms with van der Waals surface area (Å²) in [6.45, 7) is 3.53. The van der Waals surface area contributed by atoms with Crippen molar-refractivity contribution in [2.24, 2.45) is 4.99 Å². The number of benzene rings is 1. The van der Waals surface area contributed by atoms with Crippen LogP contribution in [0.5, 0.6) is 0 Å². The Labute approximate surface area is 161 Å². The zero-order chi connectivity index (χ0) is 19.1. The molecule has 1 amide bonds. The number of aromatic nitrogens is 2. The summed E-state index contributed by atoms with van der Waals surface area (Å²) in [6, 6.07) is 9.17. The van der Waals surface area contributed by atoms with Gasteiger partial charge in [0.25, 0.3) is 11.4 Å². The Morgan fingerprint density at radius 2 is 2.07 bits per heavy atom. The third-order valence-electron chi connectivity index (χ3n) is 4.02. The van der Waals surface area contributed by atoms with Crippen molar-refractivity contribution >= 4 is 34.5 Å². The zero-order valence-corrected chi connectivity index (χ0v) is 15.9. The van der Waals surface area contributed by atoms with Crippen LogP contribution in [0.25, 0.3) is 0 Å². The number of hydrogen-bond acceptors (Lipinski definition) is 8. The van der Waals surface area contributed by atoms with Crippen molar-refractivity contribution in [2.75, 3.05) is 49.3 Å². The molecular weight excluding hydrogens is 368 g/mol. The summed E-state index contributed by atoms with van der Waals surface area (Å²) in [5.41, 5.74) is 0.723. The minimum atomic E-state index is -0.350. The molecule has 1 aromatic heterocycles. The highest BCUT2D eigenvalue weighted by molar-refractivity contribution is 8.13. The molecule has 0 saturated carbocycles. The second-order valence-corrected chi connectivity index (χ2v) is 7.17. The van der Waals surface area contributed by atoms with Crippen LogP contribution in [0.2, 0.25) is 0 Å². The van der Waals surface area contributed by atoms with Gasteiger partial charge in [-0.1, -0.05) is 30.0 Å². The van der Waals surface area contributed by atoms with Crippen molar-refractivity contribution in [3.05, 3.63) is 36.5 Å². The molecule has 0 unspecified atom stereocenters. The highest BCUT2D eigenvalue weighted by Crippen LogP contribution is 2.13. The van der Waals surface area contributed by atoms with Crippen molar-refractivity contribution < 1.29 is 19.2 Å². The quantitative estimate of drug-likeness (QED) is 0.438. The van der Waals surface area contributed by atoms with Crippen LogP contribution in [-0.4, -0.2) is 60.3 Å². The van der Waals surface area contributed by atoms with E-state index in [1.54, 1.807) is 23.1 Å². The number of likely N-dealkylation sites (N-methyl/N-ethyl adjacent to an activating group) is 1. The van der Waals surface area contributed by atoms with Crippen LogP contribution >= 0.6 is 11.8 Å².